The van der Waals surface area contributed by atoms with Gasteiger partial charge >= 0.3 is 0 Å². The first-order chi connectivity index (χ1) is 4.75. The monoisotopic (exact) mass is 143 g/mol. The topological polar surface area (TPSA) is 49.3 Å². The van der Waals surface area contributed by atoms with Crippen LogP contribution in [0.1, 0.15) is 19.8 Å². The van der Waals surface area contributed by atoms with Gasteiger partial charge in [-0.1, -0.05) is 0 Å². The molecule has 0 heterocycles. The summed E-state index contributed by atoms with van der Waals surface area (Å²) in [6.07, 6.45) is 1.25. The van der Waals surface area contributed by atoms with Crippen molar-refractivity contribution in [2.45, 2.75) is 25.9 Å². The highest BCUT2D eigenvalue weighted by molar-refractivity contribution is 5.81. The fourth-order valence-corrected chi connectivity index (χ4v) is 0.905. The second-order valence-electron chi connectivity index (χ2n) is 2.68. The van der Waals surface area contributed by atoms with E-state index in [4.69, 9.17) is 0 Å². The quantitative estimate of drug-likeness (QED) is 0.579. The predicted octanol–water partition coefficient (Wildman–Crippen LogP) is -0.107. The fourth-order valence-electron chi connectivity index (χ4n) is 0.905. The van der Waals surface area contributed by atoms with Gasteiger partial charge in [-0.05, 0) is 25.7 Å². The lowest BCUT2D eigenvalue weighted by Gasteiger charge is -2.07. The molecule has 58 valence electrons. The lowest BCUT2D eigenvalue weighted by Crippen LogP contribution is -2.35. The minimum atomic E-state index is -0.750. The normalized spacial score (nSPS) is 20.2. The number of hydrogen-bond acceptors (Lipinski definition) is 2. The summed E-state index contributed by atoms with van der Waals surface area (Å²) in [5.74, 6) is 0.0246. The zero-order chi connectivity index (χ0) is 7.56. The average Bonchev–Trinajstić information content (AvgIpc) is 2.68. The summed E-state index contributed by atoms with van der Waals surface area (Å²) in [6.45, 7) is 2.44. The molecule has 3 heteroatoms. The van der Waals surface area contributed by atoms with E-state index in [9.17, 15) is 9.90 Å². The Morgan fingerprint density at radius 2 is 2.40 bits per heavy atom. The Morgan fingerprint density at radius 1 is 1.80 bits per heavy atom. The number of likely N-dealkylation sites (N-methyl/N-ethyl adjacent to an activating group) is 1. The number of rotatable bonds is 3. The van der Waals surface area contributed by atoms with Crippen LogP contribution in [-0.4, -0.2) is 23.7 Å². The van der Waals surface area contributed by atoms with Crippen molar-refractivity contribution in [2.24, 2.45) is 5.92 Å². The lowest BCUT2D eigenvalue weighted by molar-refractivity contribution is -0.130. The third-order valence-corrected chi connectivity index (χ3v) is 1.69. The van der Waals surface area contributed by atoms with Gasteiger partial charge in [0.1, 0.15) is 6.10 Å². The zero-order valence-electron chi connectivity index (χ0n) is 6.13. The van der Waals surface area contributed by atoms with Crippen LogP contribution in [0.25, 0.3) is 0 Å². The molecule has 0 aromatic carbocycles. The van der Waals surface area contributed by atoms with Crippen LogP contribution in [0.5, 0.6) is 0 Å². The molecular formula is C7H13NO2. The van der Waals surface area contributed by atoms with E-state index in [1.807, 2.05) is 6.92 Å². The highest BCUT2D eigenvalue weighted by atomic mass is 16.3. The van der Waals surface area contributed by atoms with Crippen LogP contribution in [-0.2, 0) is 4.79 Å². The fraction of sp³-hybridized carbons (Fsp3) is 0.857. The summed E-state index contributed by atoms with van der Waals surface area (Å²) in [6, 6.07) is 0. The first-order valence-corrected chi connectivity index (χ1v) is 3.71. The summed E-state index contributed by atoms with van der Waals surface area (Å²) in [5.41, 5.74) is 0. The third-order valence-electron chi connectivity index (χ3n) is 1.69. The SMILES string of the molecule is CCNC(=O)C(O)C1CC1. The van der Waals surface area contributed by atoms with E-state index in [0.717, 1.165) is 12.8 Å². The number of carbonyl (C=O) groups is 1. The number of hydrogen-bond donors (Lipinski definition) is 2. The van der Waals surface area contributed by atoms with Gasteiger partial charge in [-0.25, -0.2) is 0 Å². The molecule has 0 aliphatic heterocycles. The minimum Gasteiger partial charge on any atom is -0.383 e. The van der Waals surface area contributed by atoms with Crippen LogP contribution in [0.15, 0.2) is 0 Å². The highest BCUT2D eigenvalue weighted by Gasteiger charge is 2.34. The standard InChI is InChI=1S/C7H13NO2/c1-2-8-7(10)6(9)5-3-4-5/h5-6,9H,2-4H2,1H3,(H,8,10). The maximum absolute atomic E-state index is 10.9. The number of aliphatic hydroxyl groups is 1. The van der Waals surface area contributed by atoms with E-state index >= 15 is 0 Å². The molecule has 1 saturated carbocycles. The van der Waals surface area contributed by atoms with Crippen molar-refractivity contribution in [1.29, 1.82) is 0 Å². The van der Waals surface area contributed by atoms with Crippen molar-refractivity contribution in [3.8, 4) is 0 Å². The molecule has 0 bridgehead atoms. The van der Waals surface area contributed by atoms with E-state index in [2.05, 4.69) is 5.32 Å². The van der Waals surface area contributed by atoms with Gasteiger partial charge in [0.15, 0.2) is 0 Å². The van der Waals surface area contributed by atoms with E-state index in [0.29, 0.717) is 6.54 Å². The summed E-state index contributed by atoms with van der Waals surface area (Å²) >= 11 is 0. The van der Waals surface area contributed by atoms with Gasteiger partial charge in [0.2, 0.25) is 5.91 Å². The molecule has 1 unspecified atom stereocenters. The summed E-state index contributed by atoms with van der Waals surface area (Å²) in [4.78, 5) is 10.9. The maximum Gasteiger partial charge on any atom is 0.249 e. The number of aliphatic hydroxyl groups excluding tert-OH is 1. The summed E-state index contributed by atoms with van der Waals surface area (Å²) < 4.78 is 0. The van der Waals surface area contributed by atoms with Gasteiger partial charge in [0.25, 0.3) is 0 Å². The smallest absolute Gasteiger partial charge is 0.249 e. The average molecular weight is 143 g/mol. The Balaban J connectivity index is 2.24. The van der Waals surface area contributed by atoms with Crippen molar-refractivity contribution in [3.63, 3.8) is 0 Å². The molecule has 0 aromatic rings. The molecule has 10 heavy (non-hydrogen) atoms. The van der Waals surface area contributed by atoms with E-state index in [1.165, 1.54) is 0 Å². The molecule has 0 spiro atoms. The highest BCUT2D eigenvalue weighted by Crippen LogP contribution is 2.32. The molecule has 1 amide bonds. The van der Waals surface area contributed by atoms with Gasteiger partial charge in [-0.15, -0.1) is 0 Å². The van der Waals surface area contributed by atoms with E-state index in [-0.39, 0.29) is 11.8 Å². The van der Waals surface area contributed by atoms with Crippen LogP contribution < -0.4 is 5.32 Å². The number of amides is 1. The first kappa shape index (κ1) is 7.54. The van der Waals surface area contributed by atoms with Crippen LogP contribution in [0.4, 0.5) is 0 Å². The van der Waals surface area contributed by atoms with Gasteiger partial charge in [0, 0.05) is 6.54 Å². The van der Waals surface area contributed by atoms with Gasteiger partial charge in [-0.2, -0.15) is 0 Å². The zero-order valence-corrected chi connectivity index (χ0v) is 6.13. The lowest BCUT2D eigenvalue weighted by atomic mass is 10.2. The van der Waals surface area contributed by atoms with Crippen molar-refractivity contribution in [2.75, 3.05) is 6.54 Å². The summed E-state index contributed by atoms with van der Waals surface area (Å²) in [7, 11) is 0. The molecule has 0 aromatic heterocycles. The van der Waals surface area contributed by atoms with E-state index in [1.54, 1.807) is 0 Å². The Bertz CT molecular complexity index is 132. The van der Waals surface area contributed by atoms with Crippen molar-refractivity contribution in [3.05, 3.63) is 0 Å². The molecule has 1 fully saturated rings. The van der Waals surface area contributed by atoms with Gasteiger partial charge in [-0.3, -0.25) is 4.79 Å². The third kappa shape index (κ3) is 1.70. The van der Waals surface area contributed by atoms with Gasteiger partial charge in [0.05, 0.1) is 0 Å². The second kappa shape index (κ2) is 3.01. The Kier molecular flexibility index (Phi) is 2.27. The number of nitrogens with one attached hydrogen (secondary N) is 1. The minimum absolute atomic E-state index is 0.218. The maximum atomic E-state index is 10.9. The molecule has 2 N–H and O–H groups in total. The molecule has 3 nitrogen and oxygen atoms in total. The van der Waals surface area contributed by atoms with E-state index < -0.39 is 6.10 Å². The molecule has 0 radical (unpaired) electrons. The number of carbonyl (C=O) groups excluding carboxylic acids is 1. The Labute approximate surface area is 60.4 Å². The van der Waals surface area contributed by atoms with Crippen LogP contribution >= 0.6 is 0 Å². The van der Waals surface area contributed by atoms with Crippen molar-refractivity contribution < 1.29 is 9.90 Å². The molecule has 0 saturated heterocycles. The van der Waals surface area contributed by atoms with Gasteiger partial charge < -0.3 is 10.4 Å². The summed E-state index contributed by atoms with van der Waals surface area (Å²) in [5, 5.41) is 11.8. The Hall–Kier alpha value is -0.570. The first-order valence-electron chi connectivity index (χ1n) is 3.71. The predicted molar refractivity (Wildman–Crippen MR) is 37.4 cm³/mol. The second-order valence-corrected chi connectivity index (χ2v) is 2.68. The van der Waals surface area contributed by atoms with Crippen LogP contribution in [0.2, 0.25) is 0 Å². The molecular weight excluding hydrogens is 130 g/mol. The largest absolute Gasteiger partial charge is 0.383 e. The Morgan fingerprint density at radius 3 is 2.80 bits per heavy atom. The molecule has 1 rings (SSSR count). The molecule has 1 aliphatic carbocycles. The molecule has 1 aliphatic rings. The van der Waals surface area contributed by atoms with Crippen molar-refractivity contribution in [1.82, 2.24) is 5.32 Å². The van der Waals surface area contributed by atoms with Crippen LogP contribution in [0, 0.1) is 5.92 Å². The van der Waals surface area contributed by atoms with Crippen LogP contribution in [0.3, 0.4) is 0 Å². The molecule has 1 atom stereocenters. The van der Waals surface area contributed by atoms with Crippen molar-refractivity contribution >= 4 is 5.91 Å².